The van der Waals surface area contributed by atoms with Gasteiger partial charge in [0.15, 0.2) is 11.2 Å². The Kier molecular flexibility index (Phi) is 3.54. The predicted molar refractivity (Wildman–Crippen MR) is 94.7 cm³/mol. The molecule has 4 rings (SSSR count). The van der Waals surface area contributed by atoms with E-state index in [9.17, 15) is 9.59 Å². The molecule has 0 saturated heterocycles. The Labute approximate surface area is 147 Å². The fourth-order valence-electron chi connectivity index (χ4n) is 2.93. The summed E-state index contributed by atoms with van der Waals surface area (Å²) < 4.78 is 7.67. The topological polar surface area (TPSA) is 91.4 Å². The molecule has 0 aliphatic heterocycles. The molecule has 0 bridgehead atoms. The van der Waals surface area contributed by atoms with Crippen molar-refractivity contribution < 1.29 is 9.53 Å². The lowest BCUT2D eigenvalue weighted by molar-refractivity contribution is 0.0602. The van der Waals surface area contributed by atoms with Crippen LogP contribution in [-0.2, 0) is 4.74 Å². The lowest BCUT2D eigenvalue weighted by Crippen LogP contribution is -2.21. The summed E-state index contributed by atoms with van der Waals surface area (Å²) in [6.45, 7) is 3.96. The molecule has 0 unspecified atom stereocenters. The maximum Gasteiger partial charge on any atom is 0.343 e. The molecule has 1 aromatic carbocycles. The van der Waals surface area contributed by atoms with Crippen LogP contribution in [-0.4, -0.2) is 37.5 Å². The van der Waals surface area contributed by atoms with E-state index >= 15 is 0 Å². The van der Waals surface area contributed by atoms with Gasteiger partial charge in [0.25, 0.3) is 5.56 Å². The van der Waals surface area contributed by atoms with Gasteiger partial charge in [-0.25, -0.2) is 9.31 Å². The molecule has 0 saturated carbocycles. The Hall–Kier alpha value is -3.55. The molecule has 8 heteroatoms. The molecular formula is C18H15N5O3. The first-order valence-corrected chi connectivity index (χ1v) is 7.93. The van der Waals surface area contributed by atoms with Crippen molar-refractivity contribution in [3.63, 3.8) is 0 Å². The molecule has 8 nitrogen and oxygen atoms in total. The first kappa shape index (κ1) is 15.9. The van der Waals surface area contributed by atoms with Gasteiger partial charge in [-0.2, -0.15) is 5.10 Å². The molecule has 130 valence electrons. The number of hydrogen-bond acceptors (Lipinski definition) is 6. The molecule has 0 spiro atoms. The number of hydrogen-bond donors (Lipinski definition) is 0. The summed E-state index contributed by atoms with van der Waals surface area (Å²) in [5, 5.41) is 12.2. The number of aromatic nitrogens is 5. The summed E-state index contributed by atoms with van der Waals surface area (Å²) in [5.74, 6) is -0.558. The second kappa shape index (κ2) is 5.76. The van der Waals surface area contributed by atoms with Crippen LogP contribution in [0.1, 0.15) is 21.5 Å². The van der Waals surface area contributed by atoms with Gasteiger partial charge in [-0.05, 0) is 37.1 Å². The van der Waals surface area contributed by atoms with E-state index in [1.165, 1.54) is 22.4 Å². The third-order valence-corrected chi connectivity index (χ3v) is 4.50. The summed E-state index contributed by atoms with van der Waals surface area (Å²) >= 11 is 0. The van der Waals surface area contributed by atoms with Gasteiger partial charge >= 0.3 is 5.97 Å². The third kappa shape index (κ3) is 2.19. The third-order valence-electron chi connectivity index (χ3n) is 4.50. The molecule has 0 aliphatic carbocycles. The summed E-state index contributed by atoms with van der Waals surface area (Å²) in [5.41, 5.74) is 3.65. The number of esters is 1. The number of carbonyl (C=O) groups is 1. The van der Waals surface area contributed by atoms with Crippen LogP contribution in [0.25, 0.3) is 22.4 Å². The highest BCUT2D eigenvalue weighted by Gasteiger charge is 2.18. The standard InChI is InChI=1S/C18H15N5O3/c1-10-5-4-6-13(11(10)2)22-8-7-14-15(17(22)24)20-21-16-12(18(25)26-3)9-19-23(14)16/h4-9H,1-3H3. The predicted octanol–water partition coefficient (Wildman–Crippen LogP) is 1.83. The normalized spacial score (nSPS) is 11.2. The van der Waals surface area contributed by atoms with Crippen LogP contribution in [0.4, 0.5) is 0 Å². The van der Waals surface area contributed by atoms with Crippen LogP contribution in [0.5, 0.6) is 0 Å². The zero-order valence-electron chi connectivity index (χ0n) is 14.4. The van der Waals surface area contributed by atoms with E-state index in [1.807, 2.05) is 32.0 Å². The van der Waals surface area contributed by atoms with Crippen molar-refractivity contribution in [2.45, 2.75) is 13.8 Å². The number of nitrogens with zero attached hydrogens (tertiary/aromatic N) is 5. The molecule has 3 heterocycles. The van der Waals surface area contributed by atoms with E-state index in [-0.39, 0.29) is 22.3 Å². The van der Waals surface area contributed by atoms with Crippen molar-refractivity contribution in [1.29, 1.82) is 0 Å². The zero-order chi connectivity index (χ0) is 18.4. The molecule has 0 radical (unpaired) electrons. The van der Waals surface area contributed by atoms with E-state index in [1.54, 1.807) is 12.3 Å². The number of rotatable bonds is 2. The molecule has 0 amide bonds. The van der Waals surface area contributed by atoms with E-state index in [0.29, 0.717) is 5.52 Å². The summed E-state index contributed by atoms with van der Waals surface area (Å²) in [7, 11) is 1.28. The van der Waals surface area contributed by atoms with Crippen LogP contribution in [0.15, 0.2) is 41.5 Å². The summed E-state index contributed by atoms with van der Waals surface area (Å²) in [4.78, 5) is 24.8. The Balaban J connectivity index is 2.00. The van der Waals surface area contributed by atoms with Gasteiger partial charge in [0, 0.05) is 6.20 Å². The molecule has 0 N–H and O–H groups in total. The monoisotopic (exact) mass is 349 g/mol. The average molecular weight is 349 g/mol. The first-order valence-electron chi connectivity index (χ1n) is 7.93. The molecule has 3 aromatic heterocycles. The minimum absolute atomic E-state index is 0.167. The van der Waals surface area contributed by atoms with Gasteiger partial charge < -0.3 is 4.74 Å². The number of aryl methyl sites for hydroxylation is 1. The van der Waals surface area contributed by atoms with Gasteiger partial charge in [-0.15, -0.1) is 10.2 Å². The second-order valence-electron chi connectivity index (χ2n) is 5.93. The molecular weight excluding hydrogens is 334 g/mol. The van der Waals surface area contributed by atoms with E-state index in [0.717, 1.165) is 16.8 Å². The van der Waals surface area contributed by atoms with Gasteiger partial charge in [0.1, 0.15) is 11.1 Å². The molecule has 26 heavy (non-hydrogen) atoms. The van der Waals surface area contributed by atoms with E-state index in [4.69, 9.17) is 4.74 Å². The quantitative estimate of drug-likeness (QED) is 0.513. The van der Waals surface area contributed by atoms with Gasteiger partial charge in [0.2, 0.25) is 0 Å². The Morgan fingerprint density at radius 1 is 1.15 bits per heavy atom. The number of fused-ring (bicyclic) bond motifs is 3. The minimum Gasteiger partial charge on any atom is -0.465 e. The van der Waals surface area contributed by atoms with Crippen LogP contribution >= 0.6 is 0 Å². The van der Waals surface area contributed by atoms with Crippen LogP contribution in [0.2, 0.25) is 0 Å². The summed E-state index contributed by atoms with van der Waals surface area (Å²) in [6.07, 6.45) is 3.03. The first-order chi connectivity index (χ1) is 12.5. The highest BCUT2D eigenvalue weighted by molar-refractivity contribution is 5.96. The number of methoxy groups -OCH3 is 1. The maximum atomic E-state index is 13.0. The highest BCUT2D eigenvalue weighted by atomic mass is 16.5. The highest BCUT2D eigenvalue weighted by Crippen LogP contribution is 2.18. The van der Waals surface area contributed by atoms with Crippen LogP contribution in [0, 0.1) is 13.8 Å². The van der Waals surface area contributed by atoms with E-state index < -0.39 is 5.97 Å². The number of benzene rings is 1. The van der Waals surface area contributed by atoms with Crippen LogP contribution in [0.3, 0.4) is 0 Å². The van der Waals surface area contributed by atoms with Crippen molar-refractivity contribution in [2.75, 3.05) is 7.11 Å². The fourth-order valence-corrected chi connectivity index (χ4v) is 2.93. The Morgan fingerprint density at radius 2 is 1.96 bits per heavy atom. The SMILES string of the molecule is COC(=O)c1cnn2c1nnc1c(=O)n(-c3cccc(C)c3C)ccc12. The molecule has 0 fully saturated rings. The van der Waals surface area contributed by atoms with Crippen molar-refractivity contribution in [2.24, 2.45) is 0 Å². The van der Waals surface area contributed by atoms with Crippen molar-refractivity contribution in [3.8, 4) is 5.69 Å². The Morgan fingerprint density at radius 3 is 2.73 bits per heavy atom. The largest absolute Gasteiger partial charge is 0.465 e. The Bertz CT molecular complexity index is 1240. The average Bonchev–Trinajstić information content (AvgIpc) is 3.08. The molecule has 4 aromatic rings. The van der Waals surface area contributed by atoms with Crippen molar-refractivity contribution in [3.05, 3.63) is 63.7 Å². The van der Waals surface area contributed by atoms with Crippen molar-refractivity contribution in [1.82, 2.24) is 24.4 Å². The maximum absolute atomic E-state index is 13.0. The summed E-state index contributed by atoms with van der Waals surface area (Å²) in [6, 6.07) is 7.50. The lowest BCUT2D eigenvalue weighted by atomic mass is 10.1. The van der Waals surface area contributed by atoms with Gasteiger partial charge in [-0.1, -0.05) is 12.1 Å². The number of ether oxygens (including phenoxy) is 1. The number of pyridine rings is 1. The van der Waals surface area contributed by atoms with Gasteiger partial charge in [-0.3, -0.25) is 9.36 Å². The molecule has 0 atom stereocenters. The number of carbonyl (C=O) groups excluding carboxylic acids is 1. The zero-order valence-corrected chi connectivity index (χ0v) is 14.4. The van der Waals surface area contributed by atoms with Crippen LogP contribution < -0.4 is 5.56 Å². The van der Waals surface area contributed by atoms with Crippen molar-refractivity contribution >= 4 is 22.6 Å². The van der Waals surface area contributed by atoms with Gasteiger partial charge in [0.05, 0.1) is 19.0 Å². The lowest BCUT2D eigenvalue weighted by Gasteiger charge is -2.11. The fraction of sp³-hybridized carbons (Fsp3) is 0.167. The van der Waals surface area contributed by atoms with E-state index in [2.05, 4.69) is 15.3 Å². The molecule has 0 aliphatic rings. The smallest absolute Gasteiger partial charge is 0.343 e. The second-order valence-corrected chi connectivity index (χ2v) is 5.93. The minimum atomic E-state index is -0.558.